The van der Waals surface area contributed by atoms with Gasteiger partial charge in [0, 0.05) is 6.54 Å². The zero-order valence-electron chi connectivity index (χ0n) is 14.6. The van der Waals surface area contributed by atoms with Crippen molar-refractivity contribution in [2.45, 2.75) is 38.8 Å². The number of nitrogens with zero attached hydrogens (tertiary/aromatic N) is 1. The number of hydrogen-bond donors (Lipinski definition) is 3. The fourth-order valence-electron chi connectivity index (χ4n) is 2.69. The summed E-state index contributed by atoms with van der Waals surface area (Å²) in [4.78, 5) is 37.6. The quantitative estimate of drug-likeness (QED) is 0.602. The molecule has 136 valence electrons. The van der Waals surface area contributed by atoms with Gasteiger partial charge in [-0.3, -0.25) is 14.5 Å². The summed E-state index contributed by atoms with van der Waals surface area (Å²) < 4.78 is 0. The Bertz CT molecular complexity index is 618. The van der Waals surface area contributed by atoms with Crippen molar-refractivity contribution in [2.75, 3.05) is 13.2 Å². The third-order valence-electron chi connectivity index (χ3n) is 4.31. The van der Waals surface area contributed by atoms with E-state index in [-0.39, 0.29) is 43.3 Å². The molecule has 0 radical (unpaired) electrons. The summed E-state index contributed by atoms with van der Waals surface area (Å²) in [7, 11) is 0. The lowest BCUT2D eigenvalue weighted by Gasteiger charge is -2.20. The van der Waals surface area contributed by atoms with Gasteiger partial charge in [0.2, 0.25) is 5.91 Å². The minimum atomic E-state index is -0.852. The van der Waals surface area contributed by atoms with Gasteiger partial charge in [0.15, 0.2) is 0 Å². The number of hydrogen-bond acceptors (Lipinski definition) is 4. The second-order valence-electron chi connectivity index (χ2n) is 6.53. The van der Waals surface area contributed by atoms with Crippen LogP contribution in [0.2, 0.25) is 0 Å². The lowest BCUT2D eigenvalue weighted by molar-refractivity contribution is -0.131. The first-order chi connectivity index (χ1) is 11.9. The van der Waals surface area contributed by atoms with Gasteiger partial charge in [0.1, 0.15) is 6.04 Å². The van der Waals surface area contributed by atoms with Crippen LogP contribution in [0.1, 0.15) is 25.8 Å². The lowest BCUT2D eigenvalue weighted by atomic mass is 10.0. The number of aliphatic hydroxyl groups excluding tert-OH is 1. The van der Waals surface area contributed by atoms with Crippen molar-refractivity contribution in [3.63, 3.8) is 0 Å². The third-order valence-corrected chi connectivity index (χ3v) is 4.31. The van der Waals surface area contributed by atoms with Crippen LogP contribution < -0.4 is 10.6 Å². The third kappa shape index (κ3) is 5.03. The molecular formula is C18H25N3O4. The molecular weight excluding hydrogens is 322 g/mol. The van der Waals surface area contributed by atoms with Gasteiger partial charge in [0.25, 0.3) is 5.91 Å². The molecule has 0 aliphatic carbocycles. The topological polar surface area (TPSA) is 98.7 Å². The molecule has 0 saturated carbocycles. The first-order valence-corrected chi connectivity index (χ1v) is 8.48. The number of nitrogens with one attached hydrogen (secondary N) is 2. The van der Waals surface area contributed by atoms with Crippen molar-refractivity contribution in [3.8, 4) is 0 Å². The summed E-state index contributed by atoms with van der Waals surface area (Å²) in [6.45, 7) is 3.87. The van der Waals surface area contributed by atoms with Crippen LogP contribution in [0.3, 0.4) is 0 Å². The van der Waals surface area contributed by atoms with Crippen molar-refractivity contribution in [1.29, 1.82) is 0 Å². The highest BCUT2D eigenvalue weighted by atomic mass is 16.3. The van der Waals surface area contributed by atoms with E-state index in [0.717, 1.165) is 10.5 Å². The highest BCUT2D eigenvalue weighted by molar-refractivity contribution is 6.05. The van der Waals surface area contributed by atoms with Crippen molar-refractivity contribution in [3.05, 3.63) is 35.9 Å². The zero-order valence-corrected chi connectivity index (χ0v) is 14.6. The average Bonchev–Trinajstić information content (AvgIpc) is 2.85. The molecule has 2 atom stereocenters. The average molecular weight is 347 g/mol. The zero-order chi connectivity index (χ0) is 18.4. The van der Waals surface area contributed by atoms with Crippen molar-refractivity contribution in [2.24, 2.45) is 5.92 Å². The van der Waals surface area contributed by atoms with Gasteiger partial charge in [0.05, 0.1) is 19.1 Å². The number of rotatable bonds is 8. The Balaban J connectivity index is 1.88. The number of carbonyl (C=O) groups excluding carboxylic acids is 3. The molecule has 1 saturated heterocycles. The fourth-order valence-corrected chi connectivity index (χ4v) is 2.69. The molecule has 1 aromatic rings. The van der Waals surface area contributed by atoms with Crippen LogP contribution in [0.15, 0.2) is 30.3 Å². The van der Waals surface area contributed by atoms with Gasteiger partial charge in [-0.2, -0.15) is 0 Å². The maximum absolute atomic E-state index is 12.4. The number of aliphatic hydroxyl groups is 1. The van der Waals surface area contributed by atoms with E-state index in [2.05, 4.69) is 10.6 Å². The number of urea groups is 1. The Morgan fingerprint density at radius 1 is 1.28 bits per heavy atom. The molecule has 25 heavy (non-hydrogen) atoms. The van der Waals surface area contributed by atoms with E-state index in [1.54, 1.807) is 0 Å². The second-order valence-corrected chi connectivity index (χ2v) is 6.53. The van der Waals surface area contributed by atoms with E-state index >= 15 is 0 Å². The number of benzene rings is 1. The Hall–Kier alpha value is -2.41. The van der Waals surface area contributed by atoms with Crippen LogP contribution in [0, 0.1) is 5.92 Å². The summed E-state index contributed by atoms with van der Waals surface area (Å²) in [5, 5.41) is 14.5. The number of carbonyl (C=O) groups is 3. The van der Waals surface area contributed by atoms with E-state index in [4.69, 9.17) is 0 Å². The van der Waals surface area contributed by atoms with E-state index in [1.807, 2.05) is 44.2 Å². The molecule has 4 amide bonds. The predicted octanol–water partition coefficient (Wildman–Crippen LogP) is 0.673. The SMILES string of the molecule is CC(C)[C@@H](CO)NC(=O)C[C@H]1NC(=O)N(CCc2ccccc2)C1=O. The lowest BCUT2D eigenvalue weighted by Crippen LogP contribution is -2.44. The van der Waals surface area contributed by atoms with E-state index in [1.165, 1.54) is 0 Å². The van der Waals surface area contributed by atoms with Crippen molar-refractivity contribution < 1.29 is 19.5 Å². The summed E-state index contributed by atoms with van der Waals surface area (Å²) in [6, 6.07) is 7.89. The van der Waals surface area contributed by atoms with Crippen LogP contribution in [0.25, 0.3) is 0 Å². The monoisotopic (exact) mass is 347 g/mol. The highest BCUT2D eigenvalue weighted by Crippen LogP contribution is 2.12. The van der Waals surface area contributed by atoms with Crippen LogP contribution in [-0.2, 0) is 16.0 Å². The maximum Gasteiger partial charge on any atom is 0.324 e. The predicted molar refractivity (Wildman–Crippen MR) is 92.7 cm³/mol. The van der Waals surface area contributed by atoms with E-state index < -0.39 is 12.1 Å². The summed E-state index contributed by atoms with van der Waals surface area (Å²) in [5.74, 6) is -0.678. The van der Waals surface area contributed by atoms with E-state index in [0.29, 0.717) is 6.42 Å². The summed E-state index contributed by atoms with van der Waals surface area (Å²) in [5.41, 5.74) is 1.03. The van der Waals surface area contributed by atoms with Crippen LogP contribution >= 0.6 is 0 Å². The normalized spacial score (nSPS) is 18.4. The van der Waals surface area contributed by atoms with E-state index in [9.17, 15) is 19.5 Å². The van der Waals surface area contributed by atoms with Gasteiger partial charge < -0.3 is 15.7 Å². The highest BCUT2D eigenvalue weighted by Gasteiger charge is 2.38. The van der Waals surface area contributed by atoms with Gasteiger partial charge in [-0.15, -0.1) is 0 Å². The van der Waals surface area contributed by atoms with Crippen molar-refractivity contribution >= 4 is 17.8 Å². The molecule has 1 heterocycles. The Morgan fingerprint density at radius 2 is 1.96 bits per heavy atom. The smallest absolute Gasteiger partial charge is 0.324 e. The second kappa shape index (κ2) is 8.62. The van der Waals surface area contributed by atoms with Crippen LogP contribution in [0.4, 0.5) is 4.79 Å². The van der Waals surface area contributed by atoms with Crippen LogP contribution in [0.5, 0.6) is 0 Å². The molecule has 0 unspecified atom stereocenters. The summed E-state index contributed by atoms with van der Waals surface area (Å²) in [6.07, 6.45) is 0.439. The van der Waals surface area contributed by atoms with Crippen LogP contribution in [-0.4, -0.2) is 53.1 Å². The molecule has 7 nitrogen and oxygen atoms in total. The van der Waals surface area contributed by atoms with Gasteiger partial charge in [-0.25, -0.2) is 4.79 Å². The molecule has 0 aromatic heterocycles. The molecule has 1 fully saturated rings. The Morgan fingerprint density at radius 3 is 2.56 bits per heavy atom. The fraction of sp³-hybridized carbons (Fsp3) is 0.500. The van der Waals surface area contributed by atoms with Crippen molar-refractivity contribution in [1.82, 2.24) is 15.5 Å². The van der Waals surface area contributed by atoms with Gasteiger partial charge in [-0.05, 0) is 17.9 Å². The molecule has 0 spiro atoms. The molecule has 0 bridgehead atoms. The molecule has 1 aliphatic heterocycles. The Labute approximate surface area is 147 Å². The largest absolute Gasteiger partial charge is 0.394 e. The molecule has 2 rings (SSSR count). The first-order valence-electron chi connectivity index (χ1n) is 8.48. The minimum Gasteiger partial charge on any atom is -0.394 e. The molecule has 1 aromatic carbocycles. The first kappa shape index (κ1) is 18.9. The molecule has 1 aliphatic rings. The summed E-state index contributed by atoms with van der Waals surface area (Å²) >= 11 is 0. The number of amides is 4. The van der Waals surface area contributed by atoms with Gasteiger partial charge >= 0.3 is 6.03 Å². The maximum atomic E-state index is 12.4. The standard InChI is InChI=1S/C18H25N3O4/c1-12(2)15(11-22)19-16(23)10-14-17(24)21(18(25)20-14)9-8-13-6-4-3-5-7-13/h3-7,12,14-15,22H,8-11H2,1-2H3,(H,19,23)(H,20,25)/t14-,15-/m1/s1. The number of imide groups is 1. The molecule has 3 N–H and O–H groups in total. The molecule has 7 heteroatoms. The minimum absolute atomic E-state index is 0.0743. The van der Waals surface area contributed by atoms with Gasteiger partial charge in [-0.1, -0.05) is 44.2 Å². The Kier molecular flexibility index (Phi) is 6.52.